The zero-order chi connectivity index (χ0) is 16.9. The molecule has 1 heterocycles. The molecule has 0 unspecified atom stereocenters. The Balaban J connectivity index is 0.00000225. The van der Waals surface area contributed by atoms with E-state index in [0.29, 0.717) is 5.92 Å². The minimum atomic E-state index is 0. The van der Waals surface area contributed by atoms with Crippen molar-refractivity contribution in [3.05, 3.63) is 64.7 Å². The molecule has 5 heteroatoms. The van der Waals surface area contributed by atoms with Gasteiger partial charge in [-0.3, -0.25) is 4.79 Å². The van der Waals surface area contributed by atoms with Gasteiger partial charge >= 0.3 is 0 Å². The van der Waals surface area contributed by atoms with E-state index in [1.807, 2.05) is 30.0 Å². The molecule has 3 nitrogen and oxygen atoms in total. The van der Waals surface area contributed by atoms with Crippen LogP contribution in [0.4, 0.5) is 0 Å². The first-order valence-electron chi connectivity index (χ1n) is 8.40. The van der Waals surface area contributed by atoms with E-state index in [0.717, 1.165) is 31.0 Å². The largest absolute Gasteiger partial charge is 0.352 e. The lowest BCUT2D eigenvalue weighted by atomic mass is 10.0. The third-order valence-corrected chi connectivity index (χ3v) is 5.57. The number of amides is 1. The maximum atomic E-state index is 12.3. The van der Waals surface area contributed by atoms with Gasteiger partial charge in [-0.1, -0.05) is 29.8 Å². The highest BCUT2D eigenvalue weighted by atomic mass is 35.5. The molecular formula is C20H25ClN2OS. The van der Waals surface area contributed by atoms with Crippen LogP contribution in [0, 0.1) is 19.8 Å². The topological polar surface area (TPSA) is 41.1 Å². The highest BCUT2D eigenvalue weighted by Gasteiger charge is 2.17. The fourth-order valence-corrected chi connectivity index (χ4v) is 3.72. The number of thioether (sulfide) groups is 1. The second-order valence-electron chi connectivity index (χ2n) is 6.49. The van der Waals surface area contributed by atoms with Crippen molar-refractivity contribution >= 4 is 30.1 Å². The van der Waals surface area contributed by atoms with Crippen LogP contribution in [0.3, 0.4) is 0 Å². The SMILES string of the molecule is Cc1ccc(C)c(SCc2cccc(C(=O)NCC3CNC3)c2)c1.Cl. The molecule has 0 atom stereocenters. The van der Waals surface area contributed by atoms with E-state index in [4.69, 9.17) is 0 Å². The molecule has 0 aliphatic carbocycles. The summed E-state index contributed by atoms with van der Waals surface area (Å²) in [6.07, 6.45) is 0. The maximum absolute atomic E-state index is 12.3. The fourth-order valence-electron chi connectivity index (χ4n) is 2.66. The van der Waals surface area contributed by atoms with Crippen LogP contribution < -0.4 is 10.6 Å². The second-order valence-corrected chi connectivity index (χ2v) is 7.51. The van der Waals surface area contributed by atoms with Crippen molar-refractivity contribution < 1.29 is 4.79 Å². The zero-order valence-electron chi connectivity index (χ0n) is 14.7. The summed E-state index contributed by atoms with van der Waals surface area (Å²) in [4.78, 5) is 13.6. The molecule has 0 radical (unpaired) electrons. The standard InChI is InChI=1S/C20H24N2OS.ClH/c1-14-6-7-15(2)19(8-14)24-13-16-4-3-5-18(9-16)20(23)22-12-17-10-21-11-17;/h3-9,17,21H,10-13H2,1-2H3,(H,22,23);1H. The zero-order valence-corrected chi connectivity index (χ0v) is 16.3. The number of rotatable bonds is 6. The molecule has 1 aliphatic rings. The molecule has 1 aliphatic heterocycles. The number of halogens is 1. The third kappa shape index (κ3) is 5.50. The molecule has 1 saturated heterocycles. The average Bonchev–Trinajstić information content (AvgIpc) is 2.54. The summed E-state index contributed by atoms with van der Waals surface area (Å²) < 4.78 is 0. The Morgan fingerprint density at radius 3 is 2.72 bits per heavy atom. The molecule has 0 aromatic heterocycles. The molecule has 0 spiro atoms. The van der Waals surface area contributed by atoms with Crippen LogP contribution in [0.25, 0.3) is 0 Å². The average molecular weight is 377 g/mol. The van der Waals surface area contributed by atoms with Crippen molar-refractivity contribution in [2.24, 2.45) is 5.92 Å². The van der Waals surface area contributed by atoms with Gasteiger partial charge in [0.15, 0.2) is 0 Å². The first kappa shape index (κ1) is 19.8. The second kappa shape index (κ2) is 9.27. The lowest BCUT2D eigenvalue weighted by molar-refractivity contribution is 0.0942. The first-order valence-corrected chi connectivity index (χ1v) is 9.38. The minimum absolute atomic E-state index is 0. The molecule has 2 aromatic rings. The van der Waals surface area contributed by atoms with E-state index in [1.165, 1.54) is 21.6 Å². The van der Waals surface area contributed by atoms with Gasteiger partial charge in [-0.25, -0.2) is 0 Å². The van der Waals surface area contributed by atoms with E-state index < -0.39 is 0 Å². The Labute approximate surface area is 160 Å². The number of nitrogens with one attached hydrogen (secondary N) is 2. The molecule has 25 heavy (non-hydrogen) atoms. The summed E-state index contributed by atoms with van der Waals surface area (Å²) in [6, 6.07) is 14.5. The lowest BCUT2D eigenvalue weighted by Gasteiger charge is -2.27. The van der Waals surface area contributed by atoms with Crippen LogP contribution in [-0.4, -0.2) is 25.5 Å². The van der Waals surface area contributed by atoms with Gasteiger partial charge in [-0.2, -0.15) is 0 Å². The highest BCUT2D eigenvalue weighted by molar-refractivity contribution is 7.98. The van der Waals surface area contributed by atoms with Gasteiger partial charge in [0.05, 0.1) is 0 Å². The van der Waals surface area contributed by atoms with Crippen molar-refractivity contribution in [1.82, 2.24) is 10.6 Å². The molecule has 1 fully saturated rings. The summed E-state index contributed by atoms with van der Waals surface area (Å²) in [5.74, 6) is 1.48. The Morgan fingerprint density at radius 1 is 1.20 bits per heavy atom. The molecular weight excluding hydrogens is 352 g/mol. The van der Waals surface area contributed by atoms with Crippen LogP contribution in [0.5, 0.6) is 0 Å². The molecule has 3 rings (SSSR count). The Kier molecular flexibility index (Phi) is 7.36. The molecule has 0 saturated carbocycles. The van der Waals surface area contributed by atoms with Crippen molar-refractivity contribution in [2.45, 2.75) is 24.5 Å². The number of carbonyl (C=O) groups excluding carboxylic acids is 1. The fraction of sp³-hybridized carbons (Fsp3) is 0.350. The van der Waals surface area contributed by atoms with Gasteiger partial charge in [-0.15, -0.1) is 24.2 Å². The van der Waals surface area contributed by atoms with E-state index in [2.05, 4.69) is 48.7 Å². The van der Waals surface area contributed by atoms with Crippen molar-refractivity contribution in [3.8, 4) is 0 Å². The Morgan fingerprint density at radius 2 is 2.00 bits per heavy atom. The third-order valence-electron chi connectivity index (χ3n) is 4.34. The summed E-state index contributed by atoms with van der Waals surface area (Å²) in [7, 11) is 0. The van der Waals surface area contributed by atoms with Gasteiger partial charge in [0.1, 0.15) is 0 Å². The summed E-state index contributed by atoms with van der Waals surface area (Å²) in [6.45, 7) is 7.03. The van der Waals surface area contributed by atoms with Crippen LogP contribution >= 0.6 is 24.2 Å². The number of hydrogen-bond donors (Lipinski definition) is 2. The van der Waals surface area contributed by atoms with E-state index in [-0.39, 0.29) is 18.3 Å². The smallest absolute Gasteiger partial charge is 0.251 e. The van der Waals surface area contributed by atoms with E-state index in [1.54, 1.807) is 0 Å². The van der Waals surface area contributed by atoms with Gasteiger partial charge in [0.25, 0.3) is 5.91 Å². The quantitative estimate of drug-likeness (QED) is 0.749. The van der Waals surface area contributed by atoms with Gasteiger partial charge in [-0.05, 0) is 43.2 Å². The lowest BCUT2D eigenvalue weighted by Crippen LogP contribution is -2.48. The Hall–Kier alpha value is -1.49. The number of carbonyl (C=O) groups is 1. The van der Waals surface area contributed by atoms with E-state index in [9.17, 15) is 4.79 Å². The van der Waals surface area contributed by atoms with Crippen molar-refractivity contribution in [3.63, 3.8) is 0 Å². The Bertz CT molecular complexity index is 731. The molecule has 0 bridgehead atoms. The summed E-state index contributed by atoms with van der Waals surface area (Å²) >= 11 is 1.83. The predicted molar refractivity (Wildman–Crippen MR) is 108 cm³/mol. The predicted octanol–water partition coefficient (Wildman–Crippen LogP) is 3.97. The highest BCUT2D eigenvalue weighted by Crippen LogP contribution is 2.27. The number of benzene rings is 2. The maximum Gasteiger partial charge on any atom is 0.251 e. The van der Waals surface area contributed by atoms with Crippen LogP contribution in [0.1, 0.15) is 27.0 Å². The van der Waals surface area contributed by atoms with Gasteiger partial charge in [0.2, 0.25) is 0 Å². The molecule has 1 amide bonds. The number of hydrogen-bond acceptors (Lipinski definition) is 3. The van der Waals surface area contributed by atoms with Crippen molar-refractivity contribution in [1.29, 1.82) is 0 Å². The summed E-state index contributed by atoms with van der Waals surface area (Å²) in [5.41, 5.74) is 4.51. The molecule has 134 valence electrons. The molecule has 2 aromatic carbocycles. The minimum Gasteiger partial charge on any atom is -0.352 e. The van der Waals surface area contributed by atoms with E-state index >= 15 is 0 Å². The van der Waals surface area contributed by atoms with Gasteiger partial charge in [0, 0.05) is 41.8 Å². The van der Waals surface area contributed by atoms with Crippen molar-refractivity contribution in [2.75, 3.05) is 19.6 Å². The van der Waals surface area contributed by atoms with Crippen LogP contribution in [-0.2, 0) is 5.75 Å². The van der Waals surface area contributed by atoms with Gasteiger partial charge < -0.3 is 10.6 Å². The number of aryl methyl sites for hydroxylation is 2. The van der Waals surface area contributed by atoms with Crippen LogP contribution in [0.15, 0.2) is 47.4 Å². The van der Waals surface area contributed by atoms with Crippen LogP contribution in [0.2, 0.25) is 0 Å². The monoisotopic (exact) mass is 376 g/mol. The molecule has 2 N–H and O–H groups in total. The first-order chi connectivity index (χ1) is 11.6. The summed E-state index contributed by atoms with van der Waals surface area (Å²) in [5, 5.41) is 6.25. The normalized spacial score (nSPS) is 13.7.